The van der Waals surface area contributed by atoms with Crippen molar-refractivity contribution in [1.82, 2.24) is 10.6 Å². The molecule has 22 N–H and O–H groups in total. The van der Waals surface area contributed by atoms with Crippen molar-refractivity contribution >= 4 is 11.8 Å². The van der Waals surface area contributed by atoms with Crippen molar-refractivity contribution in [3.8, 4) is 0 Å². The van der Waals surface area contributed by atoms with Crippen molar-refractivity contribution in [3.63, 3.8) is 0 Å². The van der Waals surface area contributed by atoms with Gasteiger partial charge in [-0.3, -0.25) is 9.59 Å². The summed E-state index contributed by atoms with van der Waals surface area (Å²) in [6, 6.07) is -3.70. The second-order valence-corrected chi connectivity index (χ2v) is 21.0. The first-order valence-electron chi connectivity index (χ1n) is 26.5. The van der Waals surface area contributed by atoms with Crippen LogP contribution in [0.2, 0.25) is 0 Å². The minimum atomic E-state index is -2.31. The van der Waals surface area contributed by atoms with E-state index in [1.165, 1.54) is 6.92 Å². The van der Waals surface area contributed by atoms with Gasteiger partial charge in [-0.15, -0.1) is 0 Å². The maximum Gasteiger partial charge on any atom is 0.217 e. The first-order valence-corrected chi connectivity index (χ1v) is 26.5. The highest BCUT2D eigenvalue weighted by atomic mass is 16.8. The molecule has 0 aromatic carbocycles. The highest BCUT2D eigenvalue weighted by Crippen LogP contribution is 2.39. The molecule has 0 saturated carbocycles. The van der Waals surface area contributed by atoms with E-state index in [0.717, 1.165) is 13.8 Å². The van der Waals surface area contributed by atoms with Gasteiger partial charge in [-0.05, 0) is 6.92 Å². The lowest BCUT2D eigenvalue weighted by Gasteiger charge is -2.52. The van der Waals surface area contributed by atoms with E-state index in [1.54, 1.807) is 0 Å². The maximum atomic E-state index is 13.1. The topological polar surface area (TPSA) is 583 Å². The smallest absolute Gasteiger partial charge is 0.217 e. The molecular formula is C46H78N2O35. The van der Waals surface area contributed by atoms with Crippen molar-refractivity contribution < 1.29 is 173 Å². The highest BCUT2D eigenvalue weighted by molar-refractivity contribution is 5.73. The van der Waals surface area contributed by atoms with E-state index in [4.69, 9.17) is 61.6 Å². The minimum Gasteiger partial charge on any atom is -0.394 e. The highest BCUT2D eigenvalue weighted by Gasteiger charge is 2.59. The molecule has 7 heterocycles. The molecule has 83 heavy (non-hydrogen) atoms. The van der Waals surface area contributed by atoms with Crippen LogP contribution in [0.25, 0.3) is 0 Å². The summed E-state index contributed by atoms with van der Waals surface area (Å²) in [4.78, 5) is 25.8. The lowest BCUT2D eigenvalue weighted by molar-refractivity contribution is -0.393. The van der Waals surface area contributed by atoms with Crippen LogP contribution in [0.4, 0.5) is 0 Å². The Morgan fingerprint density at radius 2 is 0.651 bits per heavy atom. The van der Waals surface area contributed by atoms with E-state index < -0.39 is 266 Å². The summed E-state index contributed by atoms with van der Waals surface area (Å²) in [6.07, 6.45) is -63.7. The normalized spacial score (nSPS) is 50.8. The number of carbonyl (C=O) groups is 2. The molecule has 0 aromatic heterocycles. The van der Waals surface area contributed by atoms with Gasteiger partial charge in [0.2, 0.25) is 11.8 Å². The molecule has 7 rings (SSSR count). The van der Waals surface area contributed by atoms with Crippen LogP contribution in [0.3, 0.4) is 0 Å². The molecule has 0 bridgehead atoms. The quantitative estimate of drug-likeness (QED) is 0.0538. The van der Waals surface area contributed by atoms with Crippen molar-refractivity contribution in [2.45, 2.75) is 236 Å². The molecule has 7 aliphatic heterocycles. The Labute approximate surface area is 470 Å². The first kappa shape index (κ1) is 68.1. The average molecular weight is 1220 g/mol. The third kappa shape index (κ3) is 14.5. The summed E-state index contributed by atoms with van der Waals surface area (Å²) in [5, 5.41) is 220. The number of ether oxygens (including phenoxy) is 13. The van der Waals surface area contributed by atoms with Gasteiger partial charge in [0.25, 0.3) is 0 Å². The molecule has 7 saturated heterocycles. The predicted octanol–water partition coefficient (Wildman–Crippen LogP) is -15.0. The maximum absolute atomic E-state index is 13.1. The van der Waals surface area contributed by atoms with E-state index in [0.29, 0.717) is 0 Å². The number of carbonyl (C=O) groups excluding carboxylic acids is 2. The fourth-order valence-corrected chi connectivity index (χ4v) is 10.7. The van der Waals surface area contributed by atoms with Gasteiger partial charge in [-0.25, -0.2) is 0 Å². The summed E-state index contributed by atoms with van der Waals surface area (Å²) in [5.74, 6) is -1.79. The van der Waals surface area contributed by atoms with E-state index in [9.17, 15) is 112 Å². The van der Waals surface area contributed by atoms with Gasteiger partial charge in [0.05, 0.1) is 45.7 Å². The predicted molar refractivity (Wildman–Crippen MR) is 254 cm³/mol. The SMILES string of the molecule is CC(=O)N[C@H]1[C@H](O[C@H]2[C@@H](O)[C@@H](CO)O[C@@H](O[C@H]3[C@H](O)[C@@H](O)C(O)O[C@@H]3CO)[C@@H]2O)O[C@H](CO)[C@@H](O[C@@H]2O[C@H](CO)[C@H](O)[C@H](O[C@@H]3O[C@H](CO)[C@@H](O[C@@H]4O[C@H](CO)[C@H](O)[C@H](O)[C@H]4O)[C@H](O[C@@H]4O[C@@H](C)[C@@H](O)[C@@H](O)[C@@H]4O)[C@H]3NC(C)=O)[C@H]2O)[C@@H]1O. The summed E-state index contributed by atoms with van der Waals surface area (Å²) < 4.78 is 75.4. The van der Waals surface area contributed by atoms with Crippen molar-refractivity contribution in [3.05, 3.63) is 0 Å². The van der Waals surface area contributed by atoms with Crippen molar-refractivity contribution in [1.29, 1.82) is 0 Å². The van der Waals surface area contributed by atoms with E-state index in [-0.39, 0.29) is 0 Å². The molecule has 0 aliphatic carbocycles. The number of aliphatic hydroxyl groups is 20. The fraction of sp³-hybridized carbons (Fsp3) is 0.957. The number of hydrogen-bond donors (Lipinski definition) is 22. The van der Waals surface area contributed by atoms with E-state index >= 15 is 0 Å². The molecule has 35 atom stereocenters. The van der Waals surface area contributed by atoms with Gasteiger partial charge in [0.1, 0.15) is 165 Å². The van der Waals surface area contributed by atoms with Crippen LogP contribution in [0.1, 0.15) is 20.8 Å². The minimum absolute atomic E-state index is 0.888. The molecule has 1 unspecified atom stereocenters. The Kier molecular flexibility index (Phi) is 24.0. The van der Waals surface area contributed by atoms with Crippen LogP contribution in [0.5, 0.6) is 0 Å². The van der Waals surface area contributed by atoms with Crippen LogP contribution < -0.4 is 10.6 Å². The first-order chi connectivity index (χ1) is 39.2. The molecule has 0 spiro atoms. The van der Waals surface area contributed by atoms with Gasteiger partial charge in [-0.2, -0.15) is 0 Å². The molecule has 37 heteroatoms. The van der Waals surface area contributed by atoms with Crippen LogP contribution in [0, 0.1) is 0 Å². The lowest BCUT2D eigenvalue weighted by Crippen LogP contribution is -2.71. The molecule has 2 amide bonds. The fourth-order valence-electron chi connectivity index (χ4n) is 10.7. The van der Waals surface area contributed by atoms with Crippen LogP contribution >= 0.6 is 0 Å². The molecular weight excluding hydrogens is 1140 g/mol. The standard InChI is InChI=1S/C46H78N2O35/c1-10-21(57)26(62)30(66)43(71-10)81-37-20(48-12(3)56)42(77-18(9-54)36(37)80-44-31(67)27(63)22(58)13(4-49)73-44)83-39-24(60)15(6-51)74-45(33(39)69)78-34-17(8-53)76-41(19(25(34)61)47-11(2)55)82-38-23(59)14(5-50)75-46(32(38)68)79-35-16(7-52)72-40(70)29(65)28(35)64/h10,13-46,49-54,57-70H,4-9H2,1-3H3,(H,47,55)(H,48,56)/t10-,13+,14+,15+,16+,17+,18+,19+,20+,21+,22-,23-,24-,25+,26+,27-,28+,29+,30-,31+,32+,33+,34+,35+,36+,37+,38-,39-,40?,41-,42-,43-,44-,45-,46-/m0/s1. The second kappa shape index (κ2) is 29.3. The molecule has 482 valence electrons. The van der Waals surface area contributed by atoms with Gasteiger partial charge < -0.3 is 174 Å². The Balaban J connectivity index is 1.15. The summed E-state index contributed by atoms with van der Waals surface area (Å²) >= 11 is 0. The molecule has 7 aliphatic rings. The third-order valence-corrected chi connectivity index (χ3v) is 15.3. The van der Waals surface area contributed by atoms with Gasteiger partial charge >= 0.3 is 0 Å². The largest absolute Gasteiger partial charge is 0.394 e. The van der Waals surface area contributed by atoms with Crippen LogP contribution in [0.15, 0.2) is 0 Å². The van der Waals surface area contributed by atoms with Crippen LogP contribution in [-0.2, 0) is 71.2 Å². The number of aliphatic hydroxyl groups excluding tert-OH is 20. The molecule has 37 nitrogen and oxygen atoms in total. The number of hydrogen-bond acceptors (Lipinski definition) is 35. The number of rotatable bonds is 20. The van der Waals surface area contributed by atoms with E-state index in [2.05, 4.69) is 10.6 Å². The van der Waals surface area contributed by atoms with Crippen molar-refractivity contribution in [2.75, 3.05) is 39.6 Å². The Morgan fingerprint density at radius 1 is 0.313 bits per heavy atom. The van der Waals surface area contributed by atoms with Gasteiger partial charge in [0.15, 0.2) is 44.0 Å². The van der Waals surface area contributed by atoms with Crippen LogP contribution in [-0.4, -0.2) is 368 Å². The zero-order valence-corrected chi connectivity index (χ0v) is 44.5. The molecule has 0 radical (unpaired) electrons. The average Bonchev–Trinajstić information content (AvgIpc) is 3.61. The zero-order valence-electron chi connectivity index (χ0n) is 44.5. The summed E-state index contributed by atoms with van der Waals surface area (Å²) in [7, 11) is 0. The van der Waals surface area contributed by atoms with Gasteiger partial charge in [0, 0.05) is 13.8 Å². The summed E-state index contributed by atoms with van der Waals surface area (Å²) in [6.45, 7) is -2.88. The Morgan fingerprint density at radius 3 is 1.12 bits per heavy atom. The van der Waals surface area contributed by atoms with E-state index in [1.807, 2.05) is 0 Å². The van der Waals surface area contributed by atoms with Crippen molar-refractivity contribution in [2.24, 2.45) is 0 Å². The van der Waals surface area contributed by atoms with Gasteiger partial charge in [-0.1, -0.05) is 0 Å². The second-order valence-electron chi connectivity index (χ2n) is 21.0. The third-order valence-electron chi connectivity index (χ3n) is 15.3. The summed E-state index contributed by atoms with van der Waals surface area (Å²) in [5.41, 5.74) is 0. The zero-order chi connectivity index (χ0) is 61.2. The monoisotopic (exact) mass is 1220 g/mol. The Bertz CT molecular complexity index is 2040. The number of amides is 2. The lowest BCUT2D eigenvalue weighted by atomic mass is 9.93. The molecule has 7 fully saturated rings. The molecule has 0 aromatic rings. The number of nitrogens with one attached hydrogen (secondary N) is 2. The Hall–Kier alpha value is -2.38.